The van der Waals surface area contributed by atoms with Gasteiger partial charge in [0.2, 0.25) is 0 Å². The molecule has 0 amide bonds. The molecule has 5 nitrogen and oxygen atoms in total. The lowest BCUT2D eigenvalue weighted by Crippen LogP contribution is -2.24. The molecule has 0 unspecified atom stereocenters. The first kappa shape index (κ1) is 19.1. The SMILES string of the molecule is CN(CCCNc1cnn(-c2ccccc2)c(=O)c1Cl)Cc1ccccc1. The van der Waals surface area contributed by atoms with Gasteiger partial charge >= 0.3 is 0 Å². The van der Waals surface area contributed by atoms with Crippen LogP contribution in [0.2, 0.25) is 5.02 Å². The van der Waals surface area contributed by atoms with E-state index < -0.39 is 0 Å². The van der Waals surface area contributed by atoms with Gasteiger partial charge in [0.15, 0.2) is 0 Å². The molecule has 0 aliphatic carbocycles. The molecular formula is C21H23ClN4O. The lowest BCUT2D eigenvalue weighted by Gasteiger charge is -2.17. The van der Waals surface area contributed by atoms with Gasteiger partial charge in [0.05, 0.1) is 17.6 Å². The number of halogens is 1. The number of para-hydroxylation sites is 1. The van der Waals surface area contributed by atoms with Crippen molar-refractivity contribution in [2.24, 2.45) is 0 Å². The van der Waals surface area contributed by atoms with Crippen LogP contribution in [0, 0.1) is 0 Å². The van der Waals surface area contributed by atoms with Crippen molar-refractivity contribution < 1.29 is 0 Å². The zero-order valence-corrected chi connectivity index (χ0v) is 16.1. The third-order valence-corrected chi connectivity index (χ3v) is 4.61. The maximum Gasteiger partial charge on any atom is 0.292 e. The zero-order chi connectivity index (χ0) is 19.1. The first-order valence-electron chi connectivity index (χ1n) is 8.95. The molecule has 3 rings (SSSR count). The molecule has 140 valence electrons. The van der Waals surface area contributed by atoms with E-state index in [-0.39, 0.29) is 10.6 Å². The van der Waals surface area contributed by atoms with E-state index >= 15 is 0 Å². The highest BCUT2D eigenvalue weighted by molar-refractivity contribution is 6.32. The van der Waals surface area contributed by atoms with E-state index in [9.17, 15) is 4.79 Å². The van der Waals surface area contributed by atoms with Crippen LogP contribution in [0.1, 0.15) is 12.0 Å². The van der Waals surface area contributed by atoms with Gasteiger partial charge in [-0.2, -0.15) is 9.78 Å². The average molecular weight is 383 g/mol. The summed E-state index contributed by atoms with van der Waals surface area (Å²) in [7, 11) is 2.10. The topological polar surface area (TPSA) is 50.2 Å². The van der Waals surface area contributed by atoms with Crippen molar-refractivity contribution in [2.45, 2.75) is 13.0 Å². The molecule has 1 heterocycles. The van der Waals surface area contributed by atoms with E-state index in [2.05, 4.69) is 46.6 Å². The predicted octanol–water partition coefficient (Wildman–Crippen LogP) is 3.82. The molecule has 1 aromatic heterocycles. The Morgan fingerprint density at radius 1 is 1.07 bits per heavy atom. The van der Waals surface area contributed by atoms with Crippen LogP contribution in [0.15, 0.2) is 71.7 Å². The molecule has 3 aromatic rings. The Morgan fingerprint density at radius 3 is 2.44 bits per heavy atom. The van der Waals surface area contributed by atoms with E-state index in [1.807, 2.05) is 36.4 Å². The minimum absolute atomic E-state index is 0.159. The van der Waals surface area contributed by atoms with Crippen LogP contribution in [-0.4, -0.2) is 34.8 Å². The number of hydrogen-bond donors (Lipinski definition) is 1. The van der Waals surface area contributed by atoms with Crippen LogP contribution in [0.3, 0.4) is 0 Å². The van der Waals surface area contributed by atoms with Crippen LogP contribution in [0.5, 0.6) is 0 Å². The molecule has 0 aliphatic heterocycles. The number of aromatic nitrogens is 2. The van der Waals surface area contributed by atoms with Gasteiger partial charge in [0.25, 0.3) is 5.56 Å². The largest absolute Gasteiger partial charge is 0.382 e. The van der Waals surface area contributed by atoms with Gasteiger partial charge in [-0.1, -0.05) is 60.1 Å². The summed E-state index contributed by atoms with van der Waals surface area (Å²) in [6, 6.07) is 19.6. The van der Waals surface area contributed by atoms with Gasteiger partial charge in [0.1, 0.15) is 5.02 Å². The minimum Gasteiger partial charge on any atom is -0.382 e. The minimum atomic E-state index is -0.325. The van der Waals surface area contributed by atoms with Crippen LogP contribution in [0.25, 0.3) is 5.69 Å². The predicted molar refractivity (Wildman–Crippen MR) is 111 cm³/mol. The molecule has 0 aliphatic rings. The van der Waals surface area contributed by atoms with Crippen LogP contribution in [0.4, 0.5) is 5.69 Å². The number of hydrogen-bond acceptors (Lipinski definition) is 4. The number of benzene rings is 2. The Kier molecular flexibility index (Phi) is 6.63. The fraction of sp³-hybridized carbons (Fsp3) is 0.238. The van der Waals surface area contributed by atoms with E-state index in [0.29, 0.717) is 11.4 Å². The normalized spacial score (nSPS) is 10.9. The van der Waals surface area contributed by atoms with Crippen molar-refractivity contribution in [3.8, 4) is 5.69 Å². The maximum atomic E-state index is 12.5. The number of rotatable bonds is 8. The summed E-state index contributed by atoms with van der Waals surface area (Å²) in [4.78, 5) is 14.7. The smallest absolute Gasteiger partial charge is 0.292 e. The Hall–Kier alpha value is -2.63. The summed E-state index contributed by atoms with van der Waals surface area (Å²) in [5, 5.41) is 7.60. The van der Waals surface area contributed by atoms with Crippen molar-refractivity contribution in [1.29, 1.82) is 0 Å². The number of anilines is 1. The maximum absolute atomic E-state index is 12.5. The third-order valence-electron chi connectivity index (χ3n) is 4.25. The van der Waals surface area contributed by atoms with Gasteiger partial charge in [-0.3, -0.25) is 4.79 Å². The molecule has 2 aromatic carbocycles. The summed E-state index contributed by atoms with van der Waals surface area (Å²) in [5.41, 5.74) is 2.23. The van der Waals surface area contributed by atoms with E-state index in [0.717, 1.165) is 26.1 Å². The zero-order valence-electron chi connectivity index (χ0n) is 15.3. The fourth-order valence-electron chi connectivity index (χ4n) is 2.86. The van der Waals surface area contributed by atoms with Gasteiger partial charge in [0, 0.05) is 13.1 Å². The fourth-order valence-corrected chi connectivity index (χ4v) is 3.05. The number of nitrogens with zero attached hydrogens (tertiary/aromatic N) is 3. The third kappa shape index (κ3) is 5.18. The van der Waals surface area contributed by atoms with Crippen LogP contribution >= 0.6 is 11.6 Å². The quantitative estimate of drug-likeness (QED) is 0.602. The van der Waals surface area contributed by atoms with E-state index in [1.54, 1.807) is 6.20 Å². The Balaban J connectivity index is 1.53. The molecule has 0 fully saturated rings. The van der Waals surface area contributed by atoms with Gasteiger partial charge < -0.3 is 10.2 Å². The molecule has 1 N–H and O–H groups in total. The second-order valence-corrected chi connectivity index (χ2v) is 6.81. The molecule has 6 heteroatoms. The second-order valence-electron chi connectivity index (χ2n) is 6.43. The molecule has 0 atom stereocenters. The summed E-state index contributed by atoms with van der Waals surface area (Å²) in [6.07, 6.45) is 2.53. The van der Waals surface area contributed by atoms with Crippen molar-refractivity contribution >= 4 is 17.3 Å². The average Bonchev–Trinajstić information content (AvgIpc) is 2.70. The highest BCUT2D eigenvalue weighted by Crippen LogP contribution is 2.16. The van der Waals surface area contributed by atoms with Crippen molar-refractivity contribution in [2.75, 3.05) is 25.5 Å². The molecule has 0 spiro atoms. The summed E-state index contributed by atoms with van der Waals surface area (Å²) < 4.78 is 1.31. The molecule has 27 heavy (non-hydrogen) atoms. The first-order valence-corrected chi connectivity index (χ1v) is 9.32. The van der Waals surface area contributed by atoms with Crippen LogP contribution < -0.4 is 10.9 Å². The summed E-state index contributed by atoms with van der Waals surface area (Å²) >= 11 is 6.25. The van der Waals surface area contributed by atoms with Crippen molar-refractivity contribution in [3.05, 3.63) is 87.8 Å². The van der Waals surface area contributed by atoms with Gasteiger partial charge in [-0.25, -0.2) is 0 Å². The van der Waals surface area contributed by atoms with Gasteiger partial charge in [-0.05, 0) is 37.7 Å². The summed E-state index contributed by atoms with van der Waals surface area (Å²) in [5.74, 6) is 0. The summed E-state index contributed by atoms with van der Waals surface area (Å²) in [6.45, 7) is 2.57. The van der Waals surface area contributed by atoms with Gasteiger partial charge in [-0.15, -0.1) is 0 Å². The molecule has 0 bridgehead atoms. The highest BCUT2D eigenvalue weighted by Gasteiger charge is 2.10. The number of nitrogens with one attached hydrogen (secondary N) is 1. The second kappa shape index (κ2) is 9.35. The van der Waals surface area contributed by atoms with E-state index in [1.165, 1.54) is 10.2 Å². The first-order chi connectivity index (χ1) is 13.1. The molecular weight excluding hydrogens is 360 g/mol. The van der Waals surface area contributed by atoms with E-state index in [4.69, 9.17) is 11.6 Å². The Bertz CT molecular complexity index is 912. The van der Waals surface area contributed by atoms with Crippen molar-refractivity contribution in [3.63, 3.8) is 0 Å². The molecule has 0 saturated heterocycles. The highest BCUT2D eigenvalue weighted by atomic mass is 35.5. The monoisotopic (exact) mass is 382 g/mol. The van der Waals surface area contributed by atoms with Crippen LogP contribution in [-0.2, 0) is 6.54 Å². The molecule has 0 saturated carbocycles. The van der Waals surface area contributed by atoms with Crippen molar-refractivity contribution in [1.82, 2.24) is 14.7 Å². The standard InChI is InChI=1S/C21H23ClN4O/c1-25(16-17-9-4-2-5-10-17)14-8-13-23-19-15-24-26(21(27)20(19)22)18-11-6-3-7-12-18/h2-7,9-12,15,23H,8,13-14,16H2,1H3. The lowest BCUT2D eigenvalue weighted by atomic mass is 10.2. The Labute approximate surface area is 164 Å². The molecule has 0 radical (unpaired) electrons. The lowest BCUT2D eigenvalue weighted by molar-refractivity contribution is 0.325. The Morgan fingerprint density at radius 2 is 1.74 bits per heavy atom.